The highest BCUT2D eigenvalue weighted by atomic mass is 79.9. The smallest absolute Gasteiger partial charge is 0.255 e. The van der Waals surface area contributed by atoms with Crippen LogP contribution in [0.15, 0.2) is 10.8 Å². The average Bonchev–Trinajstić information content (AvgIpc) is 2.44. The number of carbonyl (C=O) groups is 1. The SMILES string of the molecule is Cn1ncc(C(=O)NCCN)c1Br. The summed E-state index contributed by atoms with van der Waals surface area (Å²) in [4.78, 5) is 11.4. The van der Waals surface area contributed by atoms with Crippen molar-refractivity contribution in [3.63, 3.8) is 0 Å². The van der Waals surface area contributed by atoms with Crippen molar-refractivity contribution in [2.24, 2.45) is 12.8 Å². The summed E-state index contributed by atoms with van der Waals surface area (Å²) in [6.07, 6.45) is 1.51. The number of nitrogens with two attached hydrogens (primary N) is 1. The minimum atomic E-state index is -0.162. The van der Waals surface area contributed by atoms with Gasteiger partial charge < -0.3 is 11.1 Å². The van der Waals surface area contributed by atoms with E-state index in [0.717, 1.165) is 0 Å². The van der Waals surface area contributed by atoms with Crippen LogP contribution in [0.3, 0.4) is 0 Å². The van der Waals surface area contributed by atoms with Crippen LogP contribution < -0.4 is 11.1 Å². The fourth-order valence-corrected chi connectivity index (χ4v) is 1.23. The van der Waals surface area contributed by atoms with Crippen LogP contribution in [-0.4, -0.2) is 28.8 Å². The second kappa shape index (κ2) is 4.38. The van der Waals surface area contributed by atoms with Gasteiger partial charge in [-0.1, -0.05) is 0 Å². The predicted molar refractivity (Wildman–Crippen MR) is 52.3 cm³/mol. The van der Waals surface area contributed by atoms with E-state index < -0.39 is 0 Å². The zero-order chi connectivity index (χ0) is 9.84. The fraction of sp³-hybridized carbons (Fsp3) is 0.429. The highest BCUT2D eigenvalue weighted by Crippen LogP contribution is 2.14. The molecule has 1 heterocycles. The molecule has 0 radical (unpaired) electrons. The lowest BCUT2D eigenvalue weighted by Crippen LogP contribution is -2.29. The van der Waals surface area contributed by atoms with E-state index in [-0.39, 0.29) is 5.91 Å². The second-order valence-electron chi connectivity index (χ2n) is 2.52. The molecule has 1 aromatic heterocycles. The summed E-state index contributed by atoms with van der Waals surface area (Å²) in [6.45, 7) is 0.907. The maximum absolute atomic E-state index is 11.4. The Morgan fingerprint density at radius 1 is 1.85 bits per heavy atom. The highest BCUT2D eigenvalue weighted by Gasteiger charge is 2.12. The van der Waals surface area contributed by atoms with Crippen molar-refractivity contribution >= 4 is 21.8 Å². The van der Waals surface area contributed by atoms with Gasteiger partial charge in [0.2, 0.25) is 0 Å². The lowest BCUT2D eigenvalue weighted by Gasteiger charge is -2.00. The van der Waals surface area contributed by atoms with Crippen LogP contribution in [0.5, 0.6) is 0 Å². The molecule has 3 N–H and O–H groups in total. The van der Waals surface area contributed by atoms with Gasteiger partial charge in [-0.15, -0.1) is 0 Å². The number of hydrogen-bond acceptors (Lipinski definition) is 3. The Hall–Kier alpha value is -0.880. The average molecular weight is 247 g/mol. The molecule has 6 heteroatoms. The molecule has 0 atom stereocenters. The van der Waals surface area contributed by atoms with Crippen molar-refractivity contribution in [3.8, 4) is 0 Å². The Morgan fingerprint density at radius 3 is 3.00 bits per heavy atom. The van der Waals surface area contributed by atoms with Crippen LogP contribution in [0.2, 0.25) is 0 Å². The number of rotatable bonds is 3. The van der Waals surface area contributed by atoms with Gasteiger partial charge in [0.05, 0.1) is 11.8 Å². The number of nitrogens with zero attached hydrogens (tertiary/aromatic N) is 2. The molecular formula is C7H11BrN4O. The minimum absolute atomic E-state index is 0.162. The van der Waals surface area contributed by atoms with Crippen molar-refractivity contribution in [3.05, 3.63) is 16.4 Å². The van der Waals surface area contributed by atoms with Gasteiger partial charge in [-0.2, -0.15) is 5.10 Å². The van der Waals surface area contributed by atoms with Gasteiger partial charge in [0, 0.05) is 20.1 Å². The third-order valence-corrected chi connectivity index (χ3v) is 2.48. The van der Waals surface area contributed by atoms with Crippen molar-refractivity contribution in [1.82, 2.24) is 15.1 Å². The van der Waals surface area contributed by atoms with Crippen LogP contribution in [0.4, 0.5) is 0 Å². The van der Waals surface area contributed by atoms with E-state index in [0.29, 0.717) is 23.3 Å². The molecule has 1 amide bonds. The standard InChI is InChI=1S/C7H11BrN4O/c1-12-6(8)5(4-11-12)7(13)10-3-2-9/h4H,2-3,9H2,1H3,(H,10,13). The number of aromatic nitrogens is 2. The molecule has 1 aromatic rings. The Kier molecular flexibility index (Phi) is 3.44. The van der Waals surface area contributed by atoms with Gasteiger partial charge in [0.15, 0.2) is 0 Å². The van der Waals surface area contributed by atoms with Crippen LogP contribution in [0, 0.1) is 0 Å². The van der Waals surface area contributed by atoms with E-state index in [9.17, 15) is 4.79 Å². The first kappa shape index (κ1) is 10.2. The van der Waals surface area contributed by atoms with Gasteiger partial charge in [-0.25, -0.2) is 0 Å². The summed E-state index contributed by atoms with van der Waals surface area (Å²) in [7, 11) is 1.75. The summed E-state index contributed by atoms with van der Waals surface area (Å²) in [5.41, 5.74) is 5.77. The zero-order valence-corrected chi connectivity index (χ0v) is 8.84. The molecule has 1 rings (SSSR count). The quantitative estimate of drug-likeness (QED) is 0.781. The summed E-state index contributed by atoms with van der Waals surface area (Å²) in [5.74, 6) is -0.162. The molecule has 0 fully saturated rings. The topological polar surface area (TPSA) is 72.9 Å². The van der Waals surface area contributed by atoms with Gasteiger partial charge in [0.25, 0.3) is 5.91 Å². The molecule has 0 bridgehead atoms. The van der Waals surface area contributed by atoms with Gasteiger partial charge in [0.1, 0.15) is 4.60 Å². The molecule has 0 saturated heterocycles. The first-order chi connectivity index (χ1) is 6.16. The molecule has 0 aromatic carbocycles. The second-order valence-corrected chi connectivity index (χ2v) is 3.27. The molecule has 0 unspecified atom stereocenters. The maximum Gasteiger partial charge on any atom is 0.255 e. The number of amides is 1. The van der Waals surface area contributed by atoms with E-state index in [1.54, 1.807) is 11.7 Å². The normalized spacial score (nSPS) is 10.1. The van der Waals surface area contributed by atoms with Crippen LogP contribution in [0.1, 0.15) is 10.4 Å². The zero-order valence-electron chi connectivity index (χ0n) is 7.25. The van der Waals surface area contributed by atoms with E-state index in [4.69, 9.17) is 5.73 Å². The van der Waals surface area contributed by atoms with E-state index in [1.165, 1.54) is 6.20 Å². The Labute approximate surface area is 84.4 Å². The monoisotopic (exact) mass is 246 g/mol. The van der Waals surface area contributed by atoms with Crippen LogP contribution in [-0.2, 0) is 7.05 Å². The number of carbonyl (C=O) groups excluding carboxylic acids is 1. The number of halogens is 1. The molecular weight excluding hydrogens is 236 g/mol. The Bertz CT molecular complexity index is 309. The molecule has 72 valence electrons. The Morgan fingerprint density at radius 2 is 2.54 bits per heavy atom. The van der Waals surface area contributed by atoms with Crippen molar-refractivity contribution in [1.29, 1.82) is 0 Å². The van der Waals surface area contributed by atoms with Crippen molar-refractivity contribution in [2.45, 2.75) is 0 Å². The third-order valence-electron chi connectivity index (χ3n) is 1.54. The van der Waals surface area contributed by atoms with Crippen LogP contribution >= 0.6 is 15.9 Å². The fourth-order valence-electron chi connectivity index (χ4n) is 0.856. The molecule has 13 heavy (non-hydrogen) atoms. The van der Waals surface area contributed by atoms with Crippen molar-refractivity contribution in [2.75, 3.05) is 13.1 Å². The van der Waals surface area contributed by atoms with E-state index in [2.05, 4.69) is 26.3 Å². The molecule has 0 spiro atoms. The van der Waals surface area contributed by atoms with Gasteiger partial charge >= 0.3 is 0 Å². The van der Waals surface area contributed by atoms with Gasteiger partial charge in [-0.05, 0) is 15.9 Å². The number of aryl methyl sites for hydroxylation is 1. The van der Waals surface area contributed by atoms with Crippen LogP contribution in [0.25, 0.3) is 0 Å². The first-order valence-corrected chi connectivity index (χ1v) is 4.62. The lowest BCUT2D eigenvalue weighted by molar-refractivity contribution is 0.0954. The predicted octanol–water partition coefficient (Wildman–Crippen LogP) is -0.129. The molecule has 0 saturated carbocycles. The summed E-state index contributed by atoms with van der Waals surface area (Å²) < 4.78 is 2.25. The highest BCUT2D eigenvalue weighted by molar-refractivity contribution is 9.10. The molecule has 5 nitrogen and oxygen atoms in total. The van der Waals surface area contributed by atoms with E-state index in [1.807, 2.05) is 0 Å². The molecule has 0 aliphatic heterocycles. The molecule has 0 aliphatic rings. The largest absolute Gasteiger partial charge is 0.351 e. The Balaban J connectivity index is 2.71. The summed E-state index contributed by atoms with van der Waals surface area (Å²) >= 11 is 3.25. The summed E-state index contributed by atoms with van der Waals surface area (Å²) in [5, 5.41) is 6.58. The third kappa shape index (κ3) is 2.28. The van der Waals surface area contributed by atoms with E-state index >= 15 is 0 Å². The lowest BCUT2D eigenvalue weighted by atomic mass is 10.3. The number of hydrogen-bond donors (Lipinski definition) is 2. The number of nitrogens with one attached hydrogen (secondary N) is 1. The summed E-state index contributed by atoms with van der Waals surface area (Å²) in [6, 6.07) is 0. The maximum atomic E-state index is 11.4. The van der Waals surface area contributed by atoms with Crippen molar-refractivity contribution < 1.29 is 4.79 Å². The van der Waals surface area contributed by atoms with Gasteiger partial charge in [-0.3, -0.25) is 9.48 Å². The first-order valence-electron chi connectivity index (χ1n) is 3.82. The molecule has 0 aliphatic carbocycles. The minimum Gasteiger partial charge on any atom is -0.351 e.